The van der Waals surface area contributed by atoms with Gasteiger partial charge in [-0.2, -0.15) is 0 Å². The molecule has 0 heterocycles. The average molecular weight is 80.9 g/mol. The Morgan fingerprint density at radius 2 is 2.33 bits per heavy atom. The van der Waals surface area contributed by atoms with Gasteiger partial charge >= 0.3 is 0 Å². The molecule has 32 valence electrons. The molecule has 0 amide bonds. The summed E-state index contributed by atoms with van der Waals surface area (Å²) in [5, 5.41) is 2.69. The van der Waals surface area contributed by atoms with E-state index in [2.05, 4.69) is 12.2 Å². The van der Waals surface area contributed by atoms with Crippen LogP contribution < -0.4 is 5.23 Å². The van der Waals surface area contributed by atoms with Gasteiger partial charge in [0.15, 0.2) is 7.98 Å². The smallest absolute Gasteiger partial charge is 0.178 e. The first-order valence-electron chi connectivity index (χ1n) is 2.30. The van der Waals surface area contributed by atoms with Crippen LogP contribution in [0.5, 0.6) is 0 Å². The van der Waals surface area contributed by atoms with Gasteiger partial charge in [0.05, 0.1) is 0 Å². The van der Waals surface area contributed by atoms with Crippen molar-refractivity contribution in [2.75, 3.05) is 0 Å². The largest absolute Gasteiger partial charge is 0.363 e. The minimum Gasteiger partial charge on any atom is -0.363 e. The van der Waals surface area contributed by atoms with Gasteiger partial charge in [0.2, 0.25) is 0 Å². The third-order valence-electron chi connectivity index (χ3n) is 1.32. The maximum absolute atomic E-state index is 5.07. The van der Waals surface area contributed by atoms with E-state index in [9.17, 15) is 0 Å². The molecule has 1 fully saturated rings. The topological polar surface area (TPSA) is 12.0 Å². The maximum atomic E-state index is 5.07. The van der Waals surface area contributed by atoms with Crippen LogP contribution in [-0.4, -0.2) is 14.0 Å². The highest BCUT2D eigenvalue weighted by Gasteiger charge is 2.29. The molecule has 0 saturated heterocycles. The highest BCUT2D eigenvalue weighted by Crippen LogP contribution is 2.27. The highest BCUT2D eigenvalue weighted by atomic mass is 14.9. The maximum Gasteiger partial charge on any atom is 0.178 e. The molecule has 0 spiro atoms. The summed E-state index contributed by atoms with van der Waals surface area (Å²) in [5.41, 5.74) is 0. The minimum atomic E-state index is 0.630. The van der Waals surface area contributed by atoms with E-state index < -0.39 is 0 Å². The van der Waals surface area contributed by atoms with Gasteiger partial charge in [-0.3, -0.25) is 0 Å². The lowest BCUT2D eigenvalue weighted by molar-refractivity contribution is 0.840. The number of nitrogens with one attached hydrogen (secondary N) is 1. The van der Waals surface area contributed by atoms with Crippen molar-refractivity contribution in [3.8, 4) is 0 Å². The fourth-order valence-corrected chi connectivity index (χ4v) is 0.554. The Morgan fingerprint density at radius 3 is 2.33 bits per heavy atom. The van der Waals surface area contributed by atoms with Crippen molar-refractivity contribution < 1.29 is 0 Å². The first-order valence-corrected chi connectivity index (χ1v) is 2.30. The number of hydrogen-bond donors (Lipinski definition) is 1. The first kappa shape index (κ1) is 4.19. The quantitative estimate of drug-likeness (QED) is 0.440. The van der Waals surface area contributed by atoms with E-state index in [1.807, 2.05) is 0 Å². The van der Waals surface area contributed by atoms with Crippen molar-refractivity contribution in [3.05, 3.63) is 0 Å². The van der Waals surface area contributed by atoms with Crippen molar-refractivity contribution in [2.45, 2.75) is 19.4 Å². The predicted molar refractivity (Wildman–Crippen MR) is 26.5 cm³/mol. The third-order valence-corrected chi connectivity index (χ3v) is 1.32. The molecule has 0 aliphatic heterocycles. The summed E-state index contributed by atoms with van der Waals surface area (Å²) < 4.78 is 0. The molecular formula is C4H8BN. The molecule has 2 heteroatoms. The van der Waals surface area contributed by atoms with Crippen LogP contribution in [0.3, 0.4) is 0 Å². The molecule has 6 heavy (non-hydrogen) atoms. The van der Waals surface area contributed by atoms with E-state index in [-0.39, 0.29) is 0 Å². The molecule has 0 aromatic heterocycles. The summed E-state index contributed by atoms with van der Waals surface area (Å²) in [4.78, 5) is 0. The Bertz CT molecular complexity index is 53.5. The van der Waals surface area contributed by atoms with Crippen LogP contribution in [0.4, 0.5) is 0 Å². The summed E-state index contributed by atoms with van der Waals surface area (Å²) in [6, 6.07) is 0.630. The minimum absolute atomic E-state index is 0.630. The van der Waals surface area contributed by atoms with E-state index in [1.165, 1.54) is 6.42 Å². The van der Waals surface area contributed by atoms with Crippen LogP contribution in [0.1, 0.15) is 13.3 Å². The lowest BCUT2D eigenvalue weighted by Gasteiger charge is -1.85. The van der Waals surface area contributed by atoms with Gasteiger partial charge in [0.25, 0.3) is 0 Å². The molecular weight excluding hydrogens is 72.9 g/mol. The second kappa shape index (κ2) is 1.26. The lowest BCUT2D eigenvalue weighted by Crippen LogP contribution is -2.11. The van der Waals surface area contributed by atoms with E-state index in [4.69, 9.17) is 7.98 Å². The molecule has 1 saturated carbocycles. The SMILES string of the molecule is [B]NC1CC1C. The van der Waals surface area contributed by atoms with E-state index in [1.54, 1.807) is 0 Å². The van der Waals surface area contributed by atoms with Crippen LogP contribution in [0.15, 0.2) is 0 Å². The van der Waals surface area contributed by atoms with Gasteiger partial charge in [-0.25, -0.2) is 0 Å². The van der Waals surface area contributed by atoms with Gasteiger partial charge in [0, 0.05) is 0 Å². The summed E-state index contributed by atoms with van der Waals surface area (Å²) in [6.45, 7) is 2.19. The molecule has 1 N–H and O–H groups in total. The molecule has 1 aliphatic rings. The Hall–Kier alpha value is 0.0249. The molecule has 1 nitrogen and oxygen atoms in total. The summed E-state index contributed by atoms with van der Waals surface area (Å²) in [6.07, 6.45) is 1.26. The number of hydrogen-bond acceptors (Lipinski definition) is 1. The van der Waals surface area contributed by atoms with Gasteiger partial charge in [-0.05, 0) is 18.4 Å². The standard InChI is InChI=1S/C4H8BN/c1-3-2-4(3)6-5/h3-4,6H,2H2,1H3. The third kappa shape index (κ3) is 0.572. The second-order valence-corrected chi connectivity index (χ2v) is 1.99. The molecule has 0 aromatic rings. The Balaban J connectivity index is 2.09. The van der Waals surface area contributed by atoms with E-state index in [0.29, 0.717) is 6.04 Å². The van der Waals surface area contributed by atoms with Gasteiger partial charge in [0.1, 0.15) is 0 Å². The zero-order valence-electron chi connectivity index (χ0n) is 3.94. The Labute approximate surface area is 39.6 Å². The summed E-state index contributed by atoms with van der Waals surface area (Å²) in [7, 11) is 5.07. The zero-order valence-corrected chi connectivity index (χ0v) is 3.94. The predicted octanol–water partition coefficient (Wildman–Crippen LogP) is 0.0679. The van der Waals surface area contributed by atoms with Crippen LogP contribution in [0.25, 0.3) is 0 Å². The molecule has 2 unspecified atom stereocenters. The molecule has 2 radical (unpaired) electrons. The molecule has 1 rings (SSSR count). The monoisotopic (exact) mass is 81.1 g/mol. The van der Waals surface area contributed by atoms with Crippen molar-refractivity contribution in [2.24, 2.45) is 5.92 Å². The van der Waals surface area contributed by atoms with Crippen molar-refractivity contribution in [1.82, 2.24) is 5.23 Å². The average Bonchev–Trinajstić information content (AvgIpc) is 2.19. The highest BCUT2D eigenvalue weighted by molar-refractivity contribution is 6.04. The van der Waals surface area contributed by atoms with Crippen LogP contribution in [0, 0.1) is 5.92 Å². The Kier molecular flexibility index (Phi) is 0.883. The lowest BCUT2D eigenvalue weighted by atomic mass is 10.4. The first-order chi connectivity index (χ1) is 2.84. The number of rotatable bonds is 1. The van der Waals surface area contributed by atoms with E-state index >= 15 is 0 Å². The van der Waals surface area contributed by atoms with Crippen molar-refractivity contribution >= 4 is 7.98 Å². The zero-order chi connectivity index (χ0) is 4.57. The fraction of sp³-hybridized carbons (Fsp3) is 1.00. The van der Waals surface area contributed by atoms with Crippen LogP contribution >= 0.6 is 0 Å². The Morgan fingerprint density at radius 1 is 1.83 bits per heavy atom. The van der Waals surface area contributed by atoms with Crippen molar-refractivity contribution in [3.63, 3.8) is 0 Å². The van der Waals surface area contributed by atoms with Crippen molar-refractivity contribution in [1.29, 1.82) is 0 Å². The van der Waals surface area contributed by atoms with Crippen LogP contribution in [0.2, 0.25) is 0 Å². The van der Waals surface area contributed by atoms with Crippen LogP contribution in [-0.2, 0) is 0 Å². The second-order valence-electron chi connectivity index (χ2n) is 1.99. The molecule has 1 aliphatic carbocycles. The van der Waals surface area contributed by atoms with Gasteiger partial charge in [-0.1, -0.05) is 6.92 Å². The normalized spacial score (nSPS) is 42.8. The molecule has 0 bridgehead atoms. The summed E-state index contributed by atoms with van der Waals surface area (Å²) in [5.74, 6) is 0.829. The van der Waals surface area contributed by atoms with Gasteiger partial charge < -0.3 is 5.23 Å². The molecule has 2 atom stereocenters. The van der Waals surface area contributed by atoms with Gasteiger partial charge in [-0.15, -0.1) is 0 Å². The fourth-order valence-electron chi connectivity index (χ4n) is 0.554. The van der Waals surface area contributed by atoms with E-state index in [0.717, 1.165) is 5.92 Å². The molecule has 0 aromatic carbocycles. The summed E-state index contributed by atoms with van der Waals surface area (Å²) >= 11 is 0.